The molecule has 0 unspecified atom stereocenters. The highest BCUT2D eigenvalue weighted by Gasteiger charge is 2.41. The fraction of sp³-hybridized carbons (Fsp3) is 0.409. The van der Waals surface area contributed by atoms with Gasteiger partial charge in [-0.05, 0) is 30.2 Å². The molecule has 0 saturated carbocycles. The van der Waals surface area contributed by atoms with Crippen LogP contribution in [0.5, 0.6) is 11.5 Å². The van der Waals surface area contributed by atoms with Gasteiger partial charge in [0.15, 0.2) is 0 Å². The van der Waals surface area contributed by atoms with Crippen molar-refractivity contribution in [3.63, 3.8) is 0 Å². The van der Waals surface area contributed by atoms with E-state index in [0.717, 1.165) is 29.0 Å². The van der Waals surface area contributed by atoms with Gasteiger partial charge in [-0.2, -0.15) is 0 Å². The molecule has 0 aromatic heterocycles. The van der Waals surface area contributed by atoms with Crippen molar-refractivity contribution in [1.82, 2.24) is 4.90 Å². The second-order valence-corrected chi connectivity index (χ2v) is 7.14. The average Bonchev–Trinajstić information content (AvgIpc) is 2.73. The minimum atomic E-state index is -0.582. The summed E-state index contributed by atoms with van der Waals surface area (Å²) < 4.78 is 17.4. The summed E-state index contributed by atoms with van der Waals surface area (Å²) in [6, 6.07) is 15.9. The molecule has 1 fully saturated rings. The zero-order chi connectivity index (χ0) is 18.7. The zero-order valence-electron chi connectivity index (χ0n) is 15.6. The average molecular weight is 367 g/mol. The molecule has 1 amide bonds. The molecule has 0 bridgehead atoms. The summed E-state index contributed by atoms with van der Waals surface area (Å²) in [7, 11) is 1.65. The van der Waals surface area contributed by atoms with Crippen LogP contribution in [0.4, 0.5) is 0 Å². The number of nitrogens with zero attached hydrogens (tertiary/aromatic N) is 1. The molecular formula is C22H25NO4. The number of piperidine rings is 1. The second kappa shape index (κ2) is 7.61. The molecule has 0 radical (unpaired) electrons. The van der Waals surface area contributed by atoms with Gasteiger partial charge in [0.1, 0.15) is 11.5 Å². The molecule has 5 nitrogen and oxygen atoms in total. The van der Waals surface area contributed by atoms with Crippen molar-refractivity contribution in [3.05, 3.63) is 59.7 Å². The highest BCUT2D eigenvalue weighted by Crippen LogP contribution is 2.37. The Morgan fingerprint density at radius 2 is 1.85 bits per heavy atom. The van der Waals surface area contributed by atoms with E-state index in [1.54, 1.807) is 7.11 Å². The van der Waals surface area contributed by atoms with E-state index in [2.05, 4.69) is 0 Å². The summed E-state index contributed by atoms with van der Waals surface area (Å²) in [4.78, 5) is 14.5. The van der Waals surface area contributed by atoms with Crippen molar-refractivity contribution in [1.29, 1.82) is 0 Å². The number of methoxy groups -OCH3 is 1. The Hall–Kier alpha value is -2.53. The van der Waals surface area contributed by atoms with Gasteiger partial charge in [-0.15, -0.1) is 0 Å². The number of fused-ring (bicyclic) bond motifs is 1. The van der Waals surface area contributed by atoms with E-state index in [1.165, 1.54) is 0 Å². The summed E-state index contributed by atoms with van der Waals surface area (Å²) in [5, 5.41) is 0. The maximum atomic E-state index is 12.6. The Kier molecular flexibility index (Phi) is 5.03. The second-order valence-electron chi connectivity index (χ2n) is 7.14. The Balaban J connectivity index is 1.29. The molecule has 0 N–H and O–H groups in total. The normalized spacial score (nSPS) is 17.9. The number of para-hydroxylation sites is 1. The molecular weight excluding hydrogens is 342 g/mol. The number of benzene rings is 2. The Morgan fingerprint density at radius 3 is 2.59 bits per heavy atom. The van der Waals surface area contributed by atoms with Gasteiger partial charge in [-0.25, -0.2) is 0 Å². The number of likely N-dealkylation sites (tertiary alicyclic amines) is 1. The summed E-state index contributed by atoms with van der Waals surface area (Å²) in [6.45, 7) is 1.91. The lowest BCUT2D eigenvalue weighted by Crippen LogP contribution is -2.52. The van der Waals surface area contributed by atoms with Crippen molar-refractivity contribution in [2.75, 3.05) is 20.2 Å². The maximum Gasteiger partial charge on any atom is 0.222 e. The van der Waals surface area contributed by atoms with E-state index in [-0.39, 0.29) is 5.91 Å². The number of hydrogen-bond donors (Lipinski definition) is 0. The van der Waals surface area contributed by atoms with E-state index >= 15 is 0 Å². The third-order valence-corrected chi connectivity index (χ3v) is 5.42. The topological polar surface area (TPSA) is 48.0 Å². The molecule has 142 valence electrons. The SMILES string of the molecule is COc1ccc(CCC(=O)N2CCC3(CC2)OCc2ccccc2O3)cc1. The number of rotatable bonds is 4. The number of ether oxygens (including phenoxy) is 3. The number of carbonyl (C=O) groups is 1. The molecule has 2 aliphatic rings. The van der Waals surface area contributed by atoms with Gasteiger partial charge in [0.25, 0.3) is 0 Å². The minimum Gasteiger partial charge on any atom is -0.497 e. The number of carbonyl (C=O) groups excluding carboxylic acids is 1. The summed E-state index contributed by atoms with van der Waals surface area (Å²) in [6.07, 6.45) is 2.67. The predicted molar refractivity (Wildman–Crippen MR) is 102 cm³/mol. The molecule has 2 aromatic rings. The van der Waals surface area contributed by atoms with Crippen LogP contribution in [0.2, 0.25) is 0 Å². The third-order valence-electron chi connectivity index (χ3n) is 5.42. The van der Waals surface area contributed by atoms with Crippen LogP contribution in [0.1, 0.15) is 30.4 Å². The molecule has 2 heterocycles. The van der Waals surface area contributed by atoms with Crippen molar-refractivity contribution in [2.45, 2.75) is 38.1 Å². The van der Waals surface area contributed by atoms with Crippen LogP contribution in [0, 0.1) is 0 Å². The highest BCUT2D eigenvalue weighted by atomic mass is 16.7. The maximum absolute atomic E-state index is 12.6. The molecule has 0 atom stereocenters. The zero-order valence-corrected chi connectivity index (χ0v) is 15.6. The van der Waals surface area contributed by atoms with Gasteiger partial charge in [0.2, 0.25) is 11.7 Å². The first-order valence-corrected chi connectivity index (χ1v) is 9.49. The van der Waals surface area contributed by atoms with Crippen LogP contribution < -0.4 is 9.47 Å². The minimum absolute atomic E-state index is 0.192. The van der Waals surface area contributed by atoms with Crippen LogP contribution >= 0.6 is 0 Å². The van der Waals surface area contributed by atoms with Crippen LogP contribution in [-0.2, 0) is 22.6 Å². The van der Waals surface area contributed by atoms with Gasteiger partial charge in [0.05, 0.1) is 13.7 Å². The van der Waals surface area contributed by atoms with Crippen LogP contribution in [0.3, 0.4) is 0 Å². The molecule has 2 aliphatic heterocycles. The Labute approximate surface area is 159 Å². The van der Waals surface area contributed by atoms with Crippen LogP contribution in [-0.4, -0.2) is 36.8 Å². The number of amides is 1. The van der Waals surface area contributed by atoms with E-state index in [9.17, 15) is 4.79 Å². The molecule has 5 heteroatoms. The van der Waals surface area contributed by atoms with E-state index in [1.807, 2.05) is 53.4 Å². The van der Waals surface area contributed by atoms with Crippen molar-refractivity contribution in [3.8, 4) is 11.5 Å². The summed E-state index contributed by atoms with van der Waals surface area (Å²) in [5.41, 5.74) is 2.23. The van der Waals surface area contributed by atoms with Gasteiger partial charge in [-0.1, -0.05) is 30.3 Å². The first-order chi connectivity index (χ1) is 13.2. The number of aryl methyl sites for hydroxylation is 1. The van der Waals surface area contributed by atoms with E-state index in [0.29, 0.717) is 39.0 Å². The van der Waals surface area contributed by atoms with Gasteiger partial charge in [0, 0.05) is 37.9 Å². The quantitative estimate of drug-likeness (QED) is 0.829. The van der Waals surface area contributed by atoms with Crippen LogP contribution in [0.25, 0.3) is 0 Å². The fourth-order valence-corrected chi connectivity index (χ4v) is 3.71. The lowest BCUT2D eigenvalue weighted by Gasteiger charge is -2.44. The molecule has 0 aliphatic carbocycles. The lowest BCUT2D eigenvalue weighted by molar-refractivity contribution is -0.227. The molecule has 4 rings (SSSR count). The summed E-state index contributed by atoms with van der Waals surface area (Å²) >= 11 is 0. The van der Waals surface area contributed by atoms with Crippen molar-refractivity contribution < 1.29 is 19.0 Å². The van der Waals surface area contributed by atoms with Crippen molar-refractivity contribution in [2.24, 2.45) is 0 Å². The van der Waals surface area contributed by atoms with Gasteiger partial charge < -0.3 is 19.1 Å². The van der Waals surface area contributed by atoms with E-state index in [4.69, 9.17) is 14.2 Å². The highest BCUT2D eigenvalue weighted by molar-refractivity contribution is 5.76. The van der Waals surface area contributed by atoms with Gasteiger partial charge in [-0.3, -0.25) is 4.79 Å². The standard InChI is InChI=1S/C22H25NO4/c1-25-19-9-6-17(7-10-19)8-11-21(24)23-14-12-22(13-15-23)26-16-18-4-2-3-5-20(18)27-22/h2-7,9-10H,8,11-16H2,1H3. The lowest BCUT2D eigenvalue weighted by atomic mass is 10.0. The van der Waals surface area contributed by atoms with Crippen molar-refractivity contribution >= 4 is 5.91 Å². The third kappa shape index (κ3) is 3.93. The molecule has 2 aromatic carbocycles. The largest absolute Gasteiger partial charge is 0.497 e. The molecule has 27 heavy (non-hydrogen) atoms. The molecule has 1 spiro atoms. The van der Waals surface area contributed by atoms with Crippen LogP contribution in [0.15, 0.2) is 48.5 Å². The predicted octanol–water partition coefficient (Wildman–Crippen LogP) is 3.56. The first-order valence-electron chi connectivity index (χ1n) is 9.49. The smallest absolute Gasteiger partial charge is 0.222 e. The monoisotopic (exact) mass is 367 g/mol. The first kappa shape index (κ1) is 17.9. The Bertz CT molecular complexity index is 794. The van der Waals surface area contributed by atoms with Gasteiger partial charge >= 0.3 is 0 Å². The molecule has 1 saturated heterocycles. The fourth-order valence-electron chi connectivity index (χ4n) is 3.71. The summed E-state index contributed by atoms with van der Waals surface area (Å²) in [5.74, 6) is 1.35. The number of hydrogen-bond acceptors (Lipinski definition) is 4. The Morgan fingerprint density at radius 1 is 1.11 bits per heavy atom. The van der Waals surface area contributed by atoms with E-state index < -0.39 is 5.79 Å².